The SMILES string of the molecule is CCOc1cc(OCC)c(CCCNCCc2ccccc2)cc1C. The molecule has 0 aromatic heterocycles. The Morgan fingerprint density at radius 1 is 0.840 bits per heavy atom. The molecule has 0 aliphatic rings. The van der Waals surface area contributed by atoms with Crippen molar-refractivity contribution in [3.63, 3.8) is 0 Å². The van der Waals surface area contributed by atoms with Gasteiger partial charge in [-0.15, -0.1) is 0 Å². The van der Waals surface area contributed by atoms with E-state index in [9.17, 15) is 0 Å². The van der Waals surface area contributed by atoms with Crippen LogP contribution < -0.4 is 14.8 Å². The summed E-state index contributed by atoms with van der Waals surface area (Å²) in [5, 5.41) is 3.54. The number of benzene rings is 2. The second-order valence-electron chi connectivity index (χ2n) is 6.18. The van der Waals surface area contributed by atoms with Crippen molar-refractivity contribution in [3.8, 4) is 11.5 Å². The summed E-state index contributed by atoms with van der Waals surface area (Å²) in [5.74, 6) is 1.89. The molecule has 0 saturated heterocycles. The van der Waals surface area contributed by atoms with E-state index in [0.29, 0.717) is 13.2 Å². The van der Waals surface area contributed by atoms with Crippen LogP contribution in [0.3, 0.4) is 0 Å². The van der Waals surface area contributed by atoms with Crippen molar-refractivity contribution in [2.75, 3.05) is 26.3 Å². The van der Waals surface area contributed by atoms with E-state index in [4.69, 9.17) is 9.47 Å². The largest absolute Gasteiger partial charge is 0.493 e. The molecular formula is C22H31NO2. The molecular weight excluding hydrogens is 310 g/mol. The Bertz CT molecular complexity index is 625. The Labute approximate surface area is 152 Å². The molecule has 0 radical (unpaired) electrons. The van der Waals surface area contributed by atoms with E-state index < -0.39 is 0 Å². The number of hydrogen-bond donors (Lipinski definition) is 1. The molecule has 0 unspecified atom stereocenters. The lowest BCUT2D eigenvalue weighted by Crippen LogP contribution is -2.19. The lowest BCUT2D eigenvalue weighted by Gasteiger charge is -2.15. The van der Waals surface area contributed by atoms with Gasteiger partial charge in [0, 0.05) is 6.07 Å². The van der Waals surface area contributed by atoms with Gasteiger partial charge in [-0.25, -0.2) is 0 Å². The fourth-order valence-electron chi connectivity index (χ4n) is 2.93. The third-order valence-corrected chi connectivity index (χ3v) is 4.19. The Hall–Kier alpha value is -2.00. The van der Waals surface area contributed by atoms with Crippen LogP contribution in [0.15, 0.2) is 42.5 Å². The third-order valence-electron chi connectivity index (χ3n) is 4.19. The summed E-state index contributed by atoms with van der Waals surface area (Å²) in [4.78, 5) is 0. The van der Waals surface area contributed by atoms with Crippen LogP contribution in [0.4, 0.5) is 0 Å². The molecule has 2 aromatic rings. The highest BCUT2D eigenvalue weighted by atomic mass is 16.5. The van der Waals surface area contributed by atoms with Gasteiger partial charge in [0.25, 0.3) is 0 Å². The normalized spacial score (nSPS) is 10.7. The van der Waals surface area contributed by atoms with E-state index in [1.54, 1.807) is 0 Å². The van der Waals surface area contributed by atoms with Crippen LogP contribution in [0.1, 0.15) is 37.0 Å². The molecule has 25 heavy (non-hydrogen) atoms. The fraction of sp³-hybridized carbons (Fsp3) is 0.455. The molecule has 0 aliphatic heterocycles. The molecule has 0 fully saturated rings. The Morgan fingerprint density at radius 3 is 2.28 bits per heavy atom. The summed E-state index contributed by atoms with van der Waals surface area (Å²) in [6, 6.07) is 14.9. The van der Waals surface area contributed by atoms with Gasteiger partial charge in [-0.3, -0.25) is 0 Å². The Kier molecular flexibility index (Phi) is 8.33. The lowest BCUT2D eigenvalue weighted by atomic mass is 10.0. The molecule has 0 amide bonds. The molecule has 3 heteroatoms. The lowest BCUT2D eigenvalue weighted by molar-refractivity contribution is 0.319. The molecule has 0 saturated carbocycles. The van der Waals surface area contributed by atoms with Crippen LogP contribution >= 0.6 is 0 Å². The molecule has 0 atom stereocenters. The predicted octanol–water partition coefficient (Wildman–Crippen LogP) is 4.56. The zero-order chi connectivity index (χ0) is 17.9. The van der Waals surface area contributed by atoms with E-state index in [-0.39, 0.29) is 0 Å². The van der Waals surface area contributed by atoms with Crippen LogP contribution in [0, 0.1) is 6.92 Å². The molecule has 136 valence electrons. The quantitative estimate of drug-likeness (QED) is 0.608. The van der Waals surface area contributed by atoms with E-state index in [0.717, 1.165) is 43.9 Å². The van der Waals surface area contributed by atoms with Crippen molar-refractivity contribution >= 4 is 0 Å². The van der Waals surface area contributed by atoms with E-state index in [1.807, 2.05) is 19.9 Å². The van der Waals surface area contributed by atoms with Crippen molar-refractivity contribution in [2.24, 2.45) is 0 Å². The first-order chi connectivity index (χ1) is 12.2. The van der Waals surface area contributed by atoms with Gasteiger partial charge >= 0.3 is 0 Å². The zero-order valence-electron chi connectivity index (χ0n) is 15.8. The second kappa shape index (κ2) is 10.8. The van der Waals surface area contributed by atoms with Gasteiger partial charge < -0.3 is 14.8 Å². The predicted molar refractivity (Wildman–Crippen MR) is 105 cm³/mol. The number of ether oxygens (including phenoxy) is 2. The van der Waals surface area contributed by atoms with Crippen LogP contribution in [-0.2, 0) is 12.8 Å². The van der Waals surface area contributed by atoms with Crippen molar-refractivity contribution in [3.05, 3.63) is 59.2 Å². The topological polar surface area (TPSA) is 30.5 Å². The first-order valence-corrected chi connectivity index (χ1v) is 9.38. The molecule has 3 nitrogen and oxygen atoms in total. The Morgan fingerprint density at radius 2 is 1.56 bits per heavy atom. The average molecular weight is 341 g/mol. The maximum Gasteiger partial charge on any atom is 0.126 e. The number of rotatable bonds is 11. The maximum absolute atomic E-state index is 5.81. The van der Waals surface area contributed by atoms with Crippen LogP contribution in [0.2, 0.25) is 0 Å². The third kappa shape index (κ3) is 6.43. The van der Waals surface area contributed by atoms with Gasteiger partial charge in [0.15, 0.2) is 0 Å². The molecule has 2 rings (SSSR count). The smallest absolute Gasteiger partial charge is 0.126 e. The van der Waals surface area contributed by atoms with E-state index >= 15 is 0 Å². The molecule has 0 bridgehead atoms. The van der Waals surface area contributed by atoms with Gasteiger partial charge in [0.1, 0.15) is 11.5 Å². The van der Waals surface area contributed by atoms with Gasteiger partial charge in [0.2, 0.25) is 0 Å². The van der Waals surface area contributed by atoms with E-state index in [1.165, 1.54) is 16.7 Å². The summed E-state index contributed by atoms with van der Waals surface area (Å²) >= 11 is 0. The van der Waals surface area contributed by atoms with Gasteiger partial charge in [0.05, 0.1) is 13.2 Å². The van der Waals surface area contributed by atoms with Crippen LogP contribution in [0.25, 0.3) is 0 Å². The summed E-state index contributed by atoms with van der Waals surface area (Å²) in [6.45, 7) is 9.52. The standard InChI is InChI=1S/C22H31NO2/c1-4-24-21-17-22(25-5-2)20(16-18(21)3)12-9-14-23-15-13-19-10-7-6-8-11-19/h6-8,10-11,16-17,23H,4-5,9,12-15H2,1-3H3. The second-order valence-corrected chi connectivity index (χ2v) is 6.18. The zero-order valence-corrected chi connectivity index (χ0v) is 15.8. The van der Waals surface area contributed by atoms with Crippen LogP contribution in [0.5, 0.6) is 11.5 Å². The maximum atomic E-state index is 5.81. The minimum Gasteiger partial charge on any atom is -0.493 e. The van der Waals surface area contributed by atoms with Crippen molar-refractivity contribution in [1.82, 2.24) is 5.32 Å². The summed E-state index contributed by atoms with van der Waals surface area (Å²) < 4.78 is 11.5. The highest BCUT2D eigenvalue weighted by Crippen LogP contribution is 2.30. The van der Waals surface area contributed by atoms with Crippen molar-refractivity contribution in [2.45, 2.75) is 40.0 Å². The molecule has 2 aromatic carbocycles. The van der Waals surface area contributed by atoms with Crippen LogP contribution in [-0.4, -0.2) is 26.3 Å². The number of hydrogen-bond acceptors (Lipinski definition) is 3. The summed E-state index contributed by atoms with van der Waals surface area (Å²) in [7, 11) is 0. The minimum absolute atomic E-state index is 0.678. The number of aryl methyl sites for hydroxylation is 2. The fourth-order valence-corrected chi connectivity index (χ4v) is 2.93. The van der Waals surface area contributed by atoms with Gasteiger partial charge in [-0.2, -0.15) is 0 Å². The summed E-state index contributed by atoms with van der Waals surface area (Å²) in [6.07, 6.45) is 3.19. The average Bonchev–Trinajstić information content (AvgIpc) is 2.62. The monoisotopic (exact) mass is 341 g/mol. The Balaban J connectivity index is 1.80. The first kappa shape index (κ1) is 19.3. The highest BCUT2D eigenvalue weighted by Gasteiger charge is 2.09. The van der Waals surface area contributed by atoms with E-state index in [2.05, 4.69) is 48.6 Å². The molecule has 0 spiro atoms. The molecule has 0 aliphatic carbocycles. The molecule has 0 heterocycles. The number of nitrogens with one attached hydrogen (secondary N) is 1. The van der Waals surface area contributed by atoms with Crippen molar-refractivity contribution in [1.29, 1.82) is 0 Å². The van der Waals surface area contributed by atoms with Crippen molar-refractivity contribution < 1.29 is 9.47 Å². The summed E-state index contributed by atoms with van der Waals surface area (Å²) in [5.41, 5.74) is 3.83. The van der Waals surface area contributed by atoms with Gasteiger partial charge in [-0.05, 0) is 75.9 Å². The molecule has 1 N–H and O–H groups in total. The minimum atomic E-state index is 0.678. The first-order valence-electron chi connectivity index (χ1n) is 9.38. The van der Waals surface area contributed by atoms with Gasteiger partial charge in [-0.1, -0.05) is 30.3 Å². The highest BCUT2D eigenvalue weighted by molar-refractivity contribution is 5.46.